The SMILES string of the molecule is CCOC(=O)C(CC)N(C)CC1CCN(C)C1. The summed E-state index contributed by atoms with van der Waals surface area (Å²) in [5, 5.41) is 0. The molecule has 0 aromatic heterocycles. The molecule has 1 aliphatic rings. The van der Waals surface area contributed by atoms with Crippen molar-refractivity contribution in [1.82, 2.24) is 9.80 Å². The van der Waals surface area contributed by atoms with E-state index >= 15 is 0 Å². The van der Waals surface area contributed by atoms with Crippen LogP contribution in [0.25, 0.3) is 0 Å². The number of carbonyl (C=O) groups excluding carboxylic acids is 1. The summed E-state index contributed by atoms with van der Waals surface area (Å²) in [7, 11) is 4.19. The zero-order valence-electron chi connectivity index (χ0n) is 11.6. The van der Waals surface area contributed by atoms with Gasteiger partial charge in [0.05, 0.1) is 6.61 Å². The van der Waals surface area contributed by atoms with Crippen molar-refractivity contribution in [3.63, 3.8) is 0 Å². The summed E-state index contributed by atoms with van der Waals surface area (Å²) < 4.78 is 5.11. The lowest BCUT2D eigenvalue weighted by Gasteiger charge is -2.27. The van der Waals surface area contributed by atoms with Gasteiger partial charge in [0.25, 0.3) is 0 Å². The van der Waals surface area contributed by atoms with Gasteiger partial charge in [-0.25, -0.2) is 0 Å². The Bertz CT molecular complexity index is 246. The molecule has 0 spiro atoms. The molecule has 0 N–H and O–H groups in total. The third kappa shape index (κ3) is 4.28. The molecule has 4 nitrogen and oxygen atoms in total. The third-order valence-electron chi connectivity index (χ3n) is 3.51. The minimum absolute atomic E-state index is 0.0798. The Morgan fingerprint density at radius 1 is 1.53 bits per heavy atom. The van der Waals surface area contributed by atoms with Crippen LogP contribution in [0.3, 0.4) is 0 Å². The highest BCUT2D eigenvalue weighted by Gasteiger charge is 2.27. The van der Waals surface area contributed by atoms with E-state index in [2.05, 4.69) is 16.8 Å². The van der Waals surface area contributed by atoms with Crippen LogP contribution in [0.2, 0.25) is 0 Å². The number of esters is 1. The molecule has 1 heterocycles. The average Bonchev–Trinajstić information content (AvgIpc) is 2.65. The maximum Gasteiger partial charge on any atom is 0.323 e. The minimum atomic E-state index is -0.0825. The molecular weight excluding hydrogens is 216 g/mol. The monoisotopic (exact) mass is 242 g/mol. The highest BCUT2D eigenvalue weighted by molar-refractivity contribution is 5.75. The zero-order valence-corrected chi connectivity index (χ0v) is 11.6. The molecule has 2 unspecified atom stereocenters. The summed E-state index contributed by atoms with van der Waals surface area (Å²) in [5.41, 5.74) is 0. The normalized spacial score (nSPS) is 23.0. The molecular formula is C13H26N2O2. The zero-order chi connectivity index (χ0) is 12.8. The lowest BCUT2D eigenvalue weighted by Crippen LogP contribution is -2.42. The Hall–Kier alpha value is -0.610. The Kier molecular flexibility index (Phi) is 5.92. The Labute approximate surface area is 105 Å². The van der Waals surface area contributed by atoms with E-state index in [1.54, 1.807) is 0 Å². The number of carbonyl (C=O) groups is 1. The van der Waals surface area contributed by atoms with E-state index in [4.69, 9.17) is 4.74 Å². The first kappa shape index (κ1) is 14.5. The van der Waals surface area contributed by atoms with E-state index in [9.17, 15) is 4.79 Å². The van der Waals surface area contributed by atoms with Crippen LogP contribution >= 0.6 is 0 Å². The van der Waals surface area contributed by atoms with Gasteiger partial charge in [-0.3, -0.25) is 9.69 Å². The van der Waals surface area contributed by atoms with Crippen LogP contribution in [0.15, 0.2) is 0 Å². The molecule has 17 heavy (non-hydrogen) atoms. The summed E-state index contributed by atoms with van der Waals surface area (Å²) in [6.45, 7) is 7.67. The summed E-state index contributed by atoms with van der Waals surface area (Å²) in [4.78, 5) is 16.3. The van der Waals surface area contributed by atoms with Crippen molar-refractivity contribution in [1.29, 1.82) is 0 Å². The van der Waals surface area contributed by atoms with Crippen molar-refractivity contribution >= 4 is 5.97 Å². The molecule has 1 saturated heterocycles. The van der Waals surface area contributed by atoms with Crippen LogP contribution in [0.4, 0.5) is 0 Å². The van der Waals surface area contributed by atoms with Crippen molar-refractivity contribution < 1.29 is 9.53 Å². The summed E-state index contributed by atoms with van der Waals surface area (Å²) in [5.74, 6) is 0.609. The number of hydrogen-bond acceptors (Lipinski definition) is 4. The second-order valence-electron chi connectivity index (χ2n) is 5.03. The average molecular weight is 242 g/mol. The second-order valence-corrected chi connectivity index (χ2v) is 5.03. The van der Waals surface area contributed by atoms with Crippen LogP contribution in [-0.2, 0) is 9.53 Å². The molecule has 100 valence electrons. The van der Waals surface area contributed by atoms with E-state index < -0.39 is 0 Å². The number of likely N-dealkylation sites (tertiary alicyclic amines) is 1. The topological polar surface area (TPSA) is 32.8 Å². The van der Waals surface area contributed by atoms with Crippen LogP contribution in [0, 0.1) is 5.92 Å². The number of likely N-dealkylation sites (N-methyl/N-ethyl adjacent to an activating group) is 1. The maximum atomic E-state index is 11.8. The summed E-state index contributed by atoms with van der Waals surface area (Å²) in [6.07, 6.45) is 2.05. The minimum Gasteiger partial charge on any atom is -0.465 e. The van der Waals surface area contributed by atoms with Gasteiger partial charge in [-0.15, -0.1) is 0 Å². The predicted molar refractivity (Wildman–Crippen MR) is 68.9 cm³/mol. The standard InChI is InChI=1S/C13H26N2O2/c1-5-12(13(16)17-6-2)15(4)10-11-7-8-14(3)9-11/h11-12H,5-10H2,1-4H3. The quantitative estimate of drug-likeness (QED) is 0.656. The molecule has 0 amide bonds. The first-order valence-electron chi connectivity index (χ1n) is 6.63. The first-order chi connectivity index (χ1) is 8.08. The number of ether oxygens (including phenoxy) is 1. The van der Waals surface area contributed by atoms with Crippen molar-refractivity contribution in [3.8, 4) is 0 Å². The van der Waals surface area contributed by atoms with Crippen LogP contribution < -0.4 is 0 Å². The fraction of sp³-hybridized carbons (Fsp3) is 0.923. The molecule has 4 heteroatoms. The van der Waals surface area contributed by atoms with Gasteiger partial charge < -0.3 is 9.64 Å². The van der Waals surface area contributed by atoms with E-state index in [0.717, 1.165) is 19.5 Å². The van der Waals surface area contributed by atoms with Gasteiger partial charge in [0.1, 0.15) is 6.04 Å². The number of rotatable bonds is 6. The Balaban J connectivity index is 2.43. The van der Waals surface area contributed by atoms with E-state index in [1.165, 1.54) is 13.0 Å². The highest BCUT2D eigenvalue weighted by atomic mass is 16.5. The van der Waals surface area contributed by atoms with E-state index in [-0.39, 0.29) is 12.0 Å². The van der Waals surface area contributed by atoms with E-state index in [0.29, 0.717) is 12.5 Å². The molecule has 0 saturated carbocycles. The molecule has 0 aromatic rings. The molecule has 0 bridgehead atoms. The van der Waals surface area contributed by atoms with Crippen LogP contribution in [0.5, 0.6) is 0 Å². The number of hydrogen-bond donors (Lipinski definition) is 0. The summed E-state index contributed by atoms with van der Waals surface area (Å²) in [6, 6.07) is -0.0825. The summed E-state index contributed by atoms with van der Waals surface area (Å²) >= 11 is 0. The van der Waals surface area contributed by atoms with Crippen molar-refractivity contribution in [2.24, 2.45) is 5.92 Å². The molecule has 2 atom stereocenters. The van der Waals surface area contributed by atoms with Gasteiger partial charge in [0, 0.05) is 13.1 Å². The second kappa shape index (κ2) is 6.97. The Morgan fingerprint density at radius 3 is 2.71 bits per heavy atom. The third-order valence-corrected chi connectivity index (χ3v) is 3.51. The lowest BCUT2D eigenvalue weighted by atomic mass is 10.1. The van der Waals surface area contributed by atoms with Gasteiger partial charge in [0.15, 0.2) is 0 Å². The highest BCUT2D eigenvalue weighted by Crippen LogP contribution is 2.17. The fourth-order valence-electron chi connectivity index (χ4n) is 2.61. The first-order valence-corrected chi connectivity index (χ1v) is 6.63. The Morgan fingerprint density at radius 2 is 2.24 bits per heavy atom. The van der Waals surface area contributed by atoms with Gasteiger partial charge in [-0.05, 0) is 46.3 Å². The molecule has 0 aliphatic carbocycles. The van der Waals surface area contributed by atoms with Crippen molar-refractivity contribution in [2.75, 3.05) is 40.3 Å². The fourth-order valence-corrected chi connectivity index (χ4v) is 2.61. The molecule has 0 radical (unpaired) electrons. The maximum absolute atomic E-state index is 11.8. The van der Waals surface area contributed by atoms with Gasteiger partial charge in [-0.2, -0.15) is 0 Å². The largest absolute Gasteiger partial charge is 0.465 e. The number of nitrogens with zero attached hydrogens (tertiary/aromatic N) is 2. The molecule has 0 aromatic carbocycles. The lowest BCUT2D eigenvalue weighted by molar-refractivity contribution is -0.149. The van der Waals surface area contributed by atoms with Crippen molar-refractivity contribution in [3.05, 3.63) is 0 Å². The molecule has 1 aliphatic heterocycles. The predicted octanol–water partition coefficient (Wildman–Crippen LogP) is 1.21. The van der Waals surface area contributed by atoms with E-state index in [1.807, 2.05) is 20.9 Å². The smallest absolute Gasteiger partial charge is 0.323 e. The van der Waals surface area contributed by atoms with Gasteiger partial charge in [0.2, 0.25) is 0 Å². The van der Waals surface area contributed by atoms with Gasteiger partial charge in [-0.1, -0.05) is 6.92 Å². The van der Waals surface area contributed by atoms with Crippen molar-refractivity contribution in [2.45, 2.75) is 32.7 Å². The van der Waals surface area contributed by atoms with Crippen LogP contribution in [-0.4, -0.2) is 62.1 Å². The van der Waals surface area contributed by atoms with Crippen LogP contribution in [0.1, 0.15) is 26.7 Å². The van der Waals surface area contributed by atoms with Gasteiger partial charge >= 0.3 is 5.97 Å². The molecule has 1 fully saturated rings. The molecule has 1 rings (SSSR count).